The smallest absolute Gasteiger partial charge is 0.120 e. The van der Waals surface area contributed by atoms with Gasteiger partial charge in [-0.1, -0.05) is 11.8 Å². The molecule has 0 radical (unpaired) electrons. The van der Waals surface area contributed by atoms with Crippen LogP contribution in [0.25, 0.3) is 0 Å². The zero-order valence-electron chi connectivity index (χ0n) is 12.5. The Hall–Kier alpha value is -1.17. The van der Waals surface area contributed by atoms with Crippen molar-refractivity contribution >= 4 is 11.6 Å². The topological polar surface area (TPSA) is 18.5 Å². The fourth-order valence-corrected chi connectivity index (χ4v) is 3.24. The maximum atomic E-state index is 6.17. The quantitative estimate of drug-likeness (QED) is 0.606. The van der Waals surface area contributed by atoms with Crippen LogP contribution in [-0.4, -0.2) is 24.2 Å². The van der Waals surface area contributed by atoms with E-state index in [-0.39, 0.29) is 11.7 Å². The minimum Gasteiger partial charge on any atom is -0.490 e. The molecule has 0 N–H and O–H groups in total. The molecule has 112 valence electrons. The van der Waals surface area contributed by atoms with Crippen LogP contribution in [-0.2, 0) is 4.74 Å². The van der Waals surface area contributed by atoms with Crippen molar-refractivity contribution < 1.29 is 9.47 Å². The highest BCUT2D eigenvalue weighted by atomic mass is 35.5. The molecule has 1 aliphatic heterocycles. The molecule has 1 spiro atoms. The van der Waals surface area contributed by atoms with Crippen molar-refractivity contribution in [2.45, 2.75) is 50.7 Å². The van der Waals surface area contributed by atoms with E-state index in [4.69, 9.17) is 21.1 Å². The molecule has 2 fully saturated rings. The summed E-state index contributed by atoms with van der Waals surface area (Å²) in [6, 6.07) is 6.10. The lowest BCUT2D eigenvalue weighted by molar-refractivity contribution is -0.153. The fourth-order valence-electron chi connectivity index (χ4n) is 3.17. The third kappa shape index (κ3) is 3.36. The molecule has 1 saturated heterocycles. The molecule has 3 heteroatoms. The molecule has 1 heterocycles. The van der Waals surface area contributed by atoms with E-state index >= 15 is 0 Å². The molecule has 1 atom stereocenters. The van der Waals surface area contributed by atoms with E-state index in [2.05, 4.69) is 24.8 Å². The minimum absolute atomic E-state index is 0.129. The lowest BCUT2D eigenvalue weighted by atomic mass is 9.74. The predicted octanol–water partition coefficient (Wildman–Crippen LogP) is 4.07. The molecule has 2 nitrogen and oxygen atoms in total. The summed E-state index contributed by atoms with van der Waals surface area (Å²) in [4.78, 5) is 0. The highest BCUT2D eigenvalue weighted by molar-refractivity contribution is 6.19. The van der Waals surface area contributed by atoms with Gasteiger partial charge in [0.1, 0.15) is 11.9 Å². The molecular formula is C18H21ClO2. The number of alkyl halides is 1. The molecule has 1 unspecified atom stereocenters. The van der Waals surface area contributed by atoms with E-state index in [1.54, 1.807) is 0 Å². The van der Waals surface area contributed by atoms with E-state index in [0.717, 1.165) is 36.3 Å². The number of halogens is 1. The standard InChI is InChI=1S/C18H21ClO2/c1-14-12-16(6-5-15(14)4-2-10-19)21-17-7-11-20-18(13-17)8-3-9-18/h5-6,12,17H,3,7-11,13H2,1H3. The monoisotopic (exact) mass is 304 g/mol. The van der Waals surface area contributed by atoms with Gasteiger partial charge in [-0.3, -0.25) is 0 Å². The van der Waals surface area contributed by atoms with Gasteiger partial charge in [0, 0.05) is 18.4 Å². The summed E-state index contributed by atoms with van der Waals surface area (Å²) >= 11 is 5.60. The van der Waals surface area contributed by atoms with Crippen molar-refractivity contribution in [2.75, 3.05) is 12.5 Å². The number of hydrogen-bond donors (Lipinski definition) is 0. The first-order valence-electron chi connectivity index (χ1n) is 7.67. The highest BCUT2D eigenvalue weighted by Crippen LogP contribution is 2.43. The molecule has 0 aromatic heterocycles. The third-order valence-electron chi connectivity index (χ3n) is 4.50. The Bertz CT molecular complexity index is 566. The van der Waals surface area contributed by atoms with Crippen molar-refractivity contribution in [3.8, 4) is 17.6 Å². The van der Waals surface area contributed by atoms with Gasteiger partial charge in [-0.05, 0) is 49.9 Å². The minimum atomic E-state index is 0.129. The Labute approximate surface area is 131 Å². The first-order chi connectivity index (χ1) is 10.2. The van der Waals surface area contributed by atoms with Crippen LogP contribution in [0.4, 0.5) is 0 Å². The van der Waals surface area contributed by atoms with Gasteiger partial charge in [-0.2, -0.15) is 0 Å². The van der Waals surface area contributed by atoms with Gasteiger partial charge in [-0.15, -0.1) is 11.6 Å². The lowest BCUT2D eigenvalue weighted by Crippen LogP contribution is -2.48. The largest absolute Gasteiger partial charge is 0.490 e. The fraction of sp³-hybridized carbons (Fsp3) is 0.556. The Morgan fingerprint density at radius 2 is 2.29 bits per heavy atom. The van der Waals surface area contributed by atoms with Crippen LogP contribution in [0.5, 0.6) is 5.75 Å². The van der Waals surface area contributed by atoms with Crippen molar-refractivity contribution in [2.24, 2.45) is 0 Å². The second-order valence-electron chi connectivity index (χ2n) is 6.03. The van der Waals surface area contributed by atoms with Gasteiger partial charge >= 0.3 is 0 Å². The van der Waals surface area contributed by atoms with E-state index in [1.165, 1.54) is 19.3 Å². The van der Waals surface area contributed by atoms with Gasteiger partial charge in [0.15, 0.2) is 0 Å². The average molecular weight is 305 g/mol. The van der Waals surface area contributed by atoms with E-state index < -0.39 is 0 Å². The van der Waals surface area contributed by atoms with Gasteiger partial charge in [-0.25, -0.2) is 0 Å². The summed E-state index contributed by atoms with van der Waals surface area (Å²) in [5.74, 6) is 7.26. The van der Waals surface area contributed by atoms with Gasteiger partial charge < -0.3 is 9.47 Å². The Balaban J connectivity index is 1.66. The predicted molar refractivity (Wildman–Crippen MR) is 85.0 cm³/mol. The lowest BCUT2D eigenvalue weighted by Gasteiger charge is -2.46. The molecule has 3 rings (SSSR count). The van der Waals surface area contributed by atoms with Crippen molar-refractivity contribution in [3.05, 3.63) is 29.3 Å². The van der Waals surface area contributed by atoms with Crippen molar-refractivity contribution in [1.82, 2.24) is 0 Å². The van der Waals surface area contributed by atoms with E-state index in [0.29, 0.717) is 5.88 Å². The molecule has 1 aliphatic carbocycles. The van der Waals surface area contributed by atoms with Crippen LogP contribution >= 0.6 is 11.6 Å². The summed E-state index contributed by atoms with van der Waals surface area (Å²) < 4.78 is 12.1. The van der Waals surface area contributed by atoms with E-state index in [1.807, 2.05) is 12.1 Å². The van der Waals surface area contributed by atoms with Crippen LogP contribution in [0, 0.1) is 18.8 Å². The van der Waals surface area contributed by atoms with Gasteiger partial charge in [0.2, 0.25) is 0 Å². The Morgan fingerprint density at radius 1 is 1.43 bits per heavy atom. The summed E-state index contributed by atoms with van der Waals surface area (Å²) in [6.07, 6.45) is 5.96. The van der Waals surface area contributed by atoms with Gasteiger partial charge in [0.05, 0.1) is 18.1 Å². The summed E-state index contributed by atoms with van der Waals surface area (Å²) in [6.45, 7) is 2.88. The second-order valence-corrected chi connectivity index (χ2v) is 6.30. The van der Waals surface area contributed by atoms with Crippen LogP contribution < -0.4 is 4.74 Å². The second kappa shape index (κ2) is 6.30. The first-order valence-corrected chi connectivity index (χ1v) is 8.20. The van der Waals surface area contributed by atoms with Crippen molar-refractivity contribution in [3.63, 3.8) is 0 Å². The first kappa shape index (κ1) is 14.8. The maximum Gasteiger partial charge on any atom is 0.120 e. The average Bonchev–Trinajstić information content (AvgIpc) is 2.45. The van der Waals surface area contributed by atoms with Crippen LogP contribution in [0.3, 0.4) is 0 Å². The number of hydrogen-bond acceptors (Lipinski definition) is 2. The van der Waals surface area contributed by atoms with Gasteiger partial charge in [0.25, 0.3) is 0 Å². The summed E-state index contributed by atoms with van der Waals surface area (Å²) in [7, 11) is 0. The number of aryl methyl sites for hydroxylation is 1. The Kier molecular flexibility index (Phi) is 4.42. The zero-order chi connectivity index (χ0) is 14.7. The molecule has 1 aromatic rings. The molecule has 2 aliphatic rings. The van der Waals surface area contributed by atoms with Crippen LogP contribution in [0.15, 0.2) is 18.2 Å². The number of benzene rings is 1. The summed E-state index contributed by atoms with van der Waals surface area (Å²) in [5.41, 5.74) is 2.28. The maximum absolute atomic E-state index is 6.17. The Morgan fingerprint density at radius 3 is 2.95 bits per heavy atom. The highest BCUT2D eigenvalue weighted by Gasteiger charge is 2.43. The molecule has 0 bridgehead atoms. The molecule has 21 heavy (non-hydrogen) atoms. The third-order valence-corrected chi connectivity index (χ3v) is 4.64. The summed E-state index contributed by atoms with van der Waals surface area (Å²) in [5, 5.41) is 0. The number of ether oxygens (including phenoxy) is 2. The normalized spacial score (nSPS) is 23.0. The molecule has 1 aromatic carbocycles. The SMILES string of the molecule is Cc1cc(OC2CCOC3(CCC3)C2)ccc1C#CCCl. The molecule has 1 saturated carbocycles. The zero-order valence-corrected chi connectivity index (χ0v) is 13.2. The number of rotatable bonds is 2. The molecular weight excluding hydrogens is 284 g/mol. The van der Waals surface area contributed by atoms with Crippen LogP contribution in [0.1, 0.15) is 43.2 Å². The van der Waals surface area contributed by atoms with Crippen molar-refractivity contribution in [1.29, 1.82) is 0 Å². The van der Waals surface area contributed by atoms with Crippen LogP contribution in [0.2, 0.25) is 0 Å². The molecule has 0 amide bonds. The van der Waals surface area contributed by atoms with E-state index in [9.17, 15) is 0 Å².